The lowest BCUT2D eigenvalue weighted by atomic mass is 10.0. The molecule has 0 aliphatic heterocycles. The summed E-state index contributed by atoms with van der Waals surface area (Å²) in [6, 6.07) is 14.8. The number of carbonyl (C=O) groups is 1. The minimum Gasteiger partial charge on any atom is -0.465 e. The highest BCUT2D eigenvalue weighted by atomic mass is 19.4. The van der Waals surface area contributed by atoms with Gasteiger partial charge in [0, 0.05) is 36.6 Å². The van der Waals surface area contributed by atoms with Crippen molar-refractivity contribution in [3.63, 3.8) is 0 Å². The molecule has 4 rings (SSSR count). The van der Waals surface area contributed by atoms with Crippen molar-refractivity contribution in [2.45, 2.75) is 51.6 Å². The zero-order valence-corrected chi connectivity index (χ0v) is 21.0. The summed E-state index contributed by atoms with van der Waals surface area (Å²) in [5.41, 5.74) is 4.49. The Morgan fingerprint density at radius 2 is 1.81 bits per heavy atom. The van der Waals surface area contributed by atoms with E-state index in [9.17, 15) is 22.8 Å². The molecule has 6 nitrogen and oxygen atoms in total. The molecule has 196 valence electrons. The molecule has 9 heteroatoms. The van der Waals surface area contributed by atoms with E-state index >= 15 is 0 Å². The van der Waals surface area contributed by atoms with E-state index in [0.29, 0.717) is 42.2 Å². The molecular weight excluding hydrogens is 485 g/mol. The maximum atomic E-state index is 13.3. The van der Waals surface area contributed by atoms with Gasteiger partial charge < -0.3 is 18.9 Å². The second-order valence-corrected chi connectivity index (χ2v) is 9.30. The number of aromatic nitrogens is 1. The number of methoxy groups -OCH3 is 1. The molecule has 1 aliphatic rings. The molecule has 0 saturated heterocycles. The molecule has 1 heterocycles. The van der Waals surface area contributed by atoms with E-state index in [2.05, 4.69) is 4.74 Å². The minimum atomic E-state index is -4.77. The van der Waals surface area contributed by atoms with Crippen LogP contribution in [-0.4, -0.2) is 31.1 Å². The number of pyridine rings is 1. The first kappa shape index (κ1) is 26.3. The molecule has 1 aromatic heterocycles. The van der Waals surface area contributed by atoms with Crippen molar-refractivity contribution in [2.75, 3.05) is 19.1 Å². The van der Waals surface area contributed by atoms with Crippen LogP contribution in [0.25, 0.3) is 0 Å². The second-order valence-electron chi connectivity index (χ2n) is 9.30. The Bertz CT molecular complexity index is 1330. The van der Waals surface area contributed by atoms with Gasteiger partial charge >= 0.3 is 12.3 Å². The minimum absolute atomic E-state index is 0.0897. The van der Waals surface area contributed by atoms with Gasteiger partial charge in [-0.3, -0.25) is 4.79 Å². The molecule has 0 N–H and O–H groups in total. The van der Waals surface area contributed by atoms with E-state index < -0.39 is 12.3 Å². The fourth-order valence-corrected chi connectivity index (χ4v) is 4.43. The summed E-state index contributed by atoms with van der Waals surface area (Å²) < 4.78 is 48.7. The summed E-state index contributed by atoms with van der Waals surface area (Å²) in [7, 11) is 3.11. The Morgan fingerprint density at radius 1 is 1.11 bits per heavy atom. The van der Waals surface area contributed by atoms with Crippen molar-refractivity contribution in [1.82, 2.24) is 4.57 Å². The third-order valence-electron chi connectivity index (χ3n) is 6.51. The Hall–Kier alpha value is -3.75. The third-order valence-corrected chi connectivity index (χ3v) is 6.51. The summed E-state index contributed by atoms with van der Waals surface area (Å²) >= 11 is 0. The van der Waals surface area contributed by atoms with Crippen LogP contribution in [0.5, 0.6) is 5.75 Å². The van der Waals surface area contributed by atoms with E-state index in [-0.39, 0.29) is 11.3 Å². The summed E-state index contributed by atoms with van der Waals surface area (Å²) in [6.45, 7) is 2.58. The van der Waals surface area contributed by atoms with Gasteiger partial charge in [-0.1, -0.05) is 18.2 Å². The van der Waals surface area contributed by atoms with Crippen LogP contribution in [0.2, 0.25) is 0 Å². The smallest absolute Gasteiger partial charge is 0.465 e. The highest BCUT2D eigenvalue weighted by Crippen LogP contribution is 2.42. The summed E-state index contributed by atoms with van der Waals surface area (Å²) in [5, 5.41) is 0. The highest BCUT2D eigenvalue weighted by molar-refractivity contribution is 5.89. The normalized spacial score (nSPS) is 13.4. The largest absolute Gasteiger partial charge is 0.573 e. The number of aryl methyl sites for hydroxylation is 2. The first-order valence-corrected chi connectivity index (χ1v) is 12.0. The predicted molar refractivity (Wildman–Crippen MR) is 134 cm³/mol. The number of hydrogen-bond acceptors (Lipinski definition) is 5. The number of carbonyl (C=O) groups excluding carboxylic acids is 1. The van der Waals surface area contributed by atoms with Crippen LogP contribution in [0.3, 0.4) is 0 Å². The highest BCUT2D eigenvalue weighted by Gasteiger charge is 2.31. The maximum Gasteiger partial charge on any atom is 0.573 e. The number of ether oxygens (including phenoxy) is 2. The molecule has 0 bridgehead atoms. The van der Waals surface area contributed by atoms with Gasteiger partial charge in [0.05, 0.1) is 19.2 Å². The topological polar surface area (TPSA) is 60.8 Å². The van der Waals surface area contributed by atoms with Crippen LogP contribution in [0.1, 0.15) is 51.5 Å². The lowest BCUT2D eigenvalue weighted by Crippen LogP contribution is -2.31. The number of halogens is 3. The van der Waals surface area contributed by atoms with E-state index in [1.54, 1.807) is 36.7 Å². The van der Waals surface area contributed by atoms with Crippen LogP contribution in [-0.2, 0) is 24.2 Å². The van der Waals surface area contributed by atoms with Gasteiger partial charge in [-0.25, -0.2) is 4.79 Å². The van der Waals surface area contributed by atoms with Crippen molar-refractivity contribution < 1.29 is 27.4 Å². The molecule has 2 aromatic carbocycles. The molecule has 0 spiro atoms. The van der Waals surface area contributed by atoms with Gasteiger partial charge in [0.15, 0.2) is 0 Å². The molecular formula is C28H29F3N2O4. The second kappa shape index (κ2) is 10.7. The maximum absolute atomic E-state index is 13.3. The molecule has 0 atom stereocenters. The molecule has 0 radical (unpaired) electrons. The Labute approximate surface area is 213 Å². The number of esters is 1. The van der Waals surface area contributed by atoms with Gasteiger partial charge in [0.1, 0.15) is 5.75 Å². The third kappa shape index (κ3) is 6.53. The van der Waals surface area contributed by atoms with Gasteiger partial charge in [-0.15, -0.1) is 13.2 Å². The molecule has 0 amide bonds. The molecule has 1 aliphatic carbocycles. The zero-order chi connectivity index (χ0) is 26.7. The Kier molecular flexibility index (Phi) is 7.61. The van der Waals surface area contributed by atoms with Crippen LogP contribution >= 0.6 is 0 Å². The summed E-state index contributed by atoms with van der Waals surface area (Å²) in [6.07, 6.45) is -2.13. The van der Waals surface area contributed by atoms with Crippen LogP contribution in [0.15, 0.2) is 59.4 Å². The summed E-state index contributed by atoms with van der Waals surface area (Å²) in [4.78, 5) is 26.8. The quantitative estimate of drug-likeness (QED) is 0.348. The van der Waals surface area contributed by atoms with Crippen molar-refractivity contribution in [1.29, 1.82) is 0 Å². The van der Waals surface area contributed by atoms with Crippen molar-refractivity contribution in [3.05, 3.63) is 92.9 Å². The van der Waals surface area contributed by atoms with Gasteiger partial charge in [0.25, 0.3) is 5.56 Å². The van der Waals surface area contributed by atoms with Gasteiger partial charge in [0.2, 0.25) is 0 Å². The number of hydrogen-bond donors (Lipinski definition) is 0. The van der Waals surface area contributed by atoms with E-state index in [4.69, 9.17) is 4.74 Å². The van der Waals surface area contributed by atoms with Gasteiger partial charge in [-0.05, 0) is 73.6 Å². The Morgan fingerprint density at radius 3 is 2.43 bits per heavy atom. The molecule has 0 unspecified atom stereocenters. The van der Waals surface area contributed by atoms with Crippen molar-refractivity contribution in [2.24, 2.45) is 0 Å². The number of benzene rings is 2. The molecule has 1 saturated carbocycles. The summed E-state index contributed by atoms with van der Waals surface area (Å²) in [5.74, 6) is -0.338. The first-order valence-electron chi connectivity index (χ1n) is 12.0. The number of alkyl halides is 3. The van der Waals surface area contributed by atoms with E-state index in [1.807, 2.05) is 23.1 Å². The van der Waals surface area contributed by atoms with Crippen LogP contribution in [0, 0.1) is 6.92 Å². The van der Waals surface area contributed by atoms with Crippen molar-refractivity contribution in [3.8, 4) is 5.75 Å². The molecule has 3 aromatic rings. The van der Waals surface area contributed by atoms with E-state index in [1.165, 1.54) is 25.3 Å². The fraction of sp³-hybridized carbons (Fsp3) is 0.357. The SMILES string of the molecule is COC(=O)c1ccc(CCn2c(CN(C)c3cccc(OC(F)(F)F)c3)c(C3CC3)cc(C)c2=O)cc1. The predicted octanol–water partition coefficient (Wildman–Crippen LogP) is 5.60. The van der Waals surface area contributed by atoms with Gasteiger partial charge in [-0.2, -0.15) is 0 Å². The number of rotatable bonds is 9. The zero-order valence-electron chi connectivity index (χ0n) is 21.0. The number of nitrogens with zero attached hydrogens (tertiary/aromatic N) is 2. The van der Waals surface area contributed by atoms with Crippen molar-refractivity contribution >= 4 is 11.7 Å². The number of anilines is 1. The van der Waals surface area contributed by atoms with Crippen LogP contribution < -0.4 is 15.2 Å². The standard InChI is InChI=1S/C28H29F3N2O4/c1-18-15-24(20-11-12-20)25(17-32(2)22-5-4-6-23(16-22)37-28(29,30)31)33(26(18)34)14-13-19-7-9-21(10-8-19)27(35)36-3/h4-10,15-16,20H,11-14,17H2,1-3H3. The lowest BCUT2D eigenvalue weighted by Gasteiger charge is -2.25. The fourth-order valence-electron chi connectivity index (χ4n) is 4.43. The average Bonchev–Trinajstić information content (AvgIpc) is 3.70. The Balaban J connectivity index is 1.62. The molecule has 37 heavy (non-hydrogen) atoms. The average molecular weight is 515 g/mol. The lowest BCUT2D eigenvalue weighted by molar-refractivity contribution is -0.274. The molecule has 1 fully saturated rings. The first-order chi connectivity index (χ1) is 17.6. The van der Waals surface area contributed by atoms with E-state index in [0.717, 1.165) is 29.7 Å². The monoisotopic (exact) mass is 514 g/mol. The van der Waals surface area contributed by atoms with Crippen LogP contribution in [0.4, 0.5) is 18.9 Å².